The number of carbonyl (C=O) groups is 1. The van der Waals surface area contributed by atoms with Gasteiger partial charge in [-0.2, -0.15) is 0 Å². The van der Waals surface area contributed by atoms with Gasteiger partial charge >= 0.3 is 0 Å². The molecule has 0 unspecified atom stereocenters. The van der Waals surface area contributed by atoms with E-state index in [1.807, 2.05) is 0 Å². The minimum Gasteiger partial charge on any atom is -0.497 e. The van der Waals surface area contributed by atoms with E-state index in [9.17, 15) is 4.79 Å². The average Bonchev–Trinajstić information content (AvgIpc) is 2.44. The van der Waals surface area contributed by atoms with E-state index in [4.69, 9.17) is 9.47 Å². The van der Waals surface area contributed by atoms with Gasteiger partial charge in [-0.25, -0.2) is 0 Å². The number of allylic oxidation sites excluding steroid dienone is 2. The van der Waals surface area contributed by atoms with Gasteiger partial charge in [0.15, 0.2) is 5.76 Å². The molecule has 0 saturated carbocycles. The molecule has 0 radical (unpaired) electrons. The smallest absolute Gasteiger partial charge is 0.244 e. The highest BCUT2D eigenvalue weighted by atomic mass is 16.5. The third-order valence-electron chi connectivity index (χ3n) is 2.17. The maximum atomic E-state index is 11.3. The highest BCUT2D eigenvalue weighted by molar-refractivity contribution is 5.87. The van der Waals surface area contributed by atoms with Crippen molar-refractivity contribution in [1.29, 1.82) is 0 Å². The summed E-state index contributed by atoms with van der Waals surface area (Å²) in [6, 6.07) is 0. The number of methoxy groups -OCH3 is 1. The quantitative estimate of drug-likeness (QED) is 0.216. The first-order chi connectivity index (χ1) is 9.13. The number of unbranched alkanes of at least 4 members (excludes halogenated alkanes) is 1. The van der Waals surface area contributed by atoms with Gasteiger partial charge in [-0.3, -0.25) is 4.79 Å². The van der Waals surface area contributed by atoms with Crippen molar-refractivity contribution >= 4 is 5.91 Å². The molecule has 0 aromatic carbocycles. The van der Waals surface area contributed by atoms with Crippen LogP contribution in [-0.2, 0) is 14.3 Å². The van der Waals surface area contributed by atoms with E-state index in [1.165, 1.54) is 19.3 Å². The van der Waals surface area contributed by atoms with Gasteiger partial charge in [0.1, 0.15) is 5.76 Å². The Hall–Kier alpha value is -2.19. The molecule has 104 valence electrons. The number of nitrogens with one attached hydrogen (secondary N) is 1. The molecule has 1 amide bonds. The zero-order valence-electron chi connectivity index (χ0n) is 11.4. The minimum atomic E-state index is -0.170. The first-order valence-electron chi connectivity index (χ1n) is 5.98. The van der Waals surface area contributed by atoms with Crippen LogP contribution in [0.4, 0.5) is 0 Å². The van der Waals surface area contributed by atoms with Gasteiger partial charge in [0.2, 0.25) is 5.91 Å². The summed E-state index contributed by atoms with van der Waals surface area (Å²) in [6.45, 7) is 11.8. The molecule has 0 aromatic rings. The largest absolute Gasteiger partial charge is 0.497 e. The lowest BCUT2D eigenvalue weighted by Gasteiger charge is -2.05. The van der Waals surface area contributed by atoms with Crippen molar-refractivity contribution in [3.63, 3.8) is 0 Å². The Morgan fingerprint density at radius 3 is 2.68 bits per heavy atom. The highest BCUT2D eigenvalue weighted by Gasteiger charge is 1.96. The normalized spacial score (nSPS) is 9.53. The average molecular weight is 263 g/mol. The van der Waals surface area contributed by atoms with Crippen LogP contribution in [0, 0.1) is 0 Å². The summed E-state index contributed by atoms with van der Waals surface area (Å²) in [4.78, 5) is 11.3. The third-order valence-corrected chi connectivity index (χ3v) is 2.17. The van der Waals surface area contributed by atoms with E-state index in [0.29, 0.717) is 24.7 Å². The molecule has 0 bridgehead atoms. The minimum absolute atomic E-state index is 0.170. The van der Waals surface area contributed by atoms with E-state index < -0.39 is 0 Å². The second kappa shape index (κ2) is 10.9. The van der Waals surface area contributed by atoms with Gasteiger partial charge in [0.05, 0.1) is 13.7 Å². The van der Waals surface area contributed by atoms with Crippen LogP contribution in [0.15, 0.2) is 55.2 Å². The summed E-state index contributed by atoms with van der Waals surface area (Å²) < 4.78 is 10.1. The fourth-order valence-corrected chi connectivity index (χ4v) is 1.10. The molecule has 0 saturated heterocycles. The Labute approximate surface area is 114 Å². The highest BCUT2D eigenvalue weighted by Crippen LogP contribution is 1.98. The fourth-order valence-electron chi connectivity index (χ4n) is 1.10. The standard InChI is InChI=1S/C15H21NO3/c1-5-14(6-2)19-12-8-7-11-16-15(17)10-9-13(3)18-4/h5,9-10H,1-3,7-8,11-12H2,4H3,(H,16,17)/b10-9+. The van der Waals surface area contributed by atoms with Crippen molar-refractivity contribution in [2.75, 3.05) is 20.3 Å². The Morgan fingerprint density at radius 1 is 1.37 bits per heavy atom. The maximum Gasteiger partial charge on any atom is 0.244 e. The number of amides is 1. The molecular formula is C15H21NO3. The second-order valence-electron chi connectivity index (χ2n) is 3.60. The van der Waals surface area contributed by atoms with Crippen LogP contribution in [-0.4, -0.2) is 26.2 Å². The lowest BCUT2D eigenvalue weighted by molar-refractivity contribution is -0.116. The van der Waals surface area contributed by atoms with Gasteiger partial charge in [0.25, 0.3) is 0 Å². The van der Waals surface area contributed by atoms with Crippen molar-refractivity contribution in [2.45, 2.75) is 12.8 Å². The monoisotopic (exact) mass is 263 g/mol. The number of carbonyl (C=O) groups excluding carboxylic acids is 1. The summed E-state index contributed by atoms with van der Waals surface area (Å²) >= 11 is 0. The topological polar surface area (TPSA) is 47.6 Å². The van der Waals surface area contributed by atoms with E-state index in [0.717, 1.165) is 12.8 Å². The molecule has 1 N–H and O–H groups in total. The molecule has 4 nitrogen and oxygen atoms in total. The number of ether oxygens (including phenoxy) is 2. The van der Waals surface area contributed by atoms with Crippen LogP contribution in [0.1, 0.15) is 12.8 Å². The SMILES string of the molecule is C=C=C(C=C)OCCCCNC(=O)/C=C/C(=C)OC. The molecule has 0 aromatic heterocycles. The third kappa shape index (κ3) is 9.51. The van der Waals surface area contributed by atoms with Crippen molar-refractivity contribution in [3.8, 4) is 0 Å². The van der Waals surface area contributed by atoms with Crippen molar-refractivity contribution < 1.29 is 14.3 Å². The Morgan fingerprint density at radius 2 is 2.11 bits per heavy atom. The number of hydrogen-bond donors (Lipinski definition) is 1. The molecule has 0 spiro atoms. The molecular weight excluding hydrogens is 242 g/mol. The summed E-state index contributed by atoms with van der Waals surface area (Å²) in [5.74, 6) is 0.818. The Bertz CT molecular complexity index is 390. The summed E-state index contributed by atoms with van der Waals surface area (Å²) in [7, 11) is 1.50. The summed E-state index contributed by atoms with van der Waals surface area (Å²) in [6.07, 6.45) is 6.12. The molecule has 19 heavy (non-hydrogen) atoms. The van der Waals surface area contributed by atoms with E-state index in [-0.39, 0.29) is 5.91 Å². The van der Waals surface area contributed by atoms with Crippen molar-refractivity contribution in [3.05, 3.63) is 55.2 Å². The van der Waals surface area contributed by atoms with E-state index >= 15 is 0 Å². The molecule has 4 heteroatoms. The lowest BCUT2D eigenvalue weighted by atomic mass is 10.3. The molecule has 0 fully saturated rings. The predicted octanol–water partition coefficient (Wildman–Crippen LogP) is 2.47. The maximum absolute atomic E-state index is 11.3. The van der Waals surface area contributed by atoms with Crippen LogP contribution < -0.4 is 5.32 Å². The van der Waals surface area contributed by atoms with E-state index in [2.05, 4.69) is 30.8 Å². The molecule has 0 heterocycles. The summed E-state index contributed by atoms with van der Waals surface area (Å²) in [5.41, 5.74) is 2.62. The molecule has 0 aliphatic heterocycles. The zero-order chi connectivity index (χ0) is 14.5. The Kier molecular flexibility index (Phi) is 9.67. The predicted molar refractivity (Wildman–Crippen MR) is 76.3 cm³/mol. The van der Waals surface area contributed by atoms with Gasteiger partial charge < -0.3 is 14.8 Å². The van der Waals surface area contributed by atoms with Gasteiger partial charge in [-0.15, -0.1) is 0 Å². The van der Waals surface area contributed by atoms with E-state index in [1.54, 1.807) is 6.08 Å². The van der Waals surface area contributed by atoms with Gasteiger partial charge in [-0.1, -0.05) is 25.5 Å². The first kappa shape index (κ1) is 16.8. The van der Waals surface area contributed by atoms with Crippen molar-refractivity contribution in [2.24, 2.45) is 0 Å². The molecule has 0 atom stereocenters. The number of hydrogen-bond acceptors (Lipinski definition) is 3. The van der Waals surface area contributed by atoms with Crippen LogP contribution >= 0.6 is 0 Å². The summed E-state index contributed by atoms with van der Waals surface area (Å²) in [5, 5.41) is 2.75. The Balaban J connectivity index is 3.62. The zero-order valence-corrected chi connectivity index (χ0v) is 11.4. The van der Waals surface area contributed by atoms with Gasteiger partial charge in [-0.05, 0) is 25.0 Å². The first-order valence-corrected chi connectivity index (χ1v) is 5.98. The molecule has 0 aliphatic carbocycles. The fraction of sp³-hybridized carbons (Fsp3) is 0.333. The molecule has 0 rings (SSSR count). The van der Waals surface area contributed by atoms with Crippen molar-refractivity contribution in [1.82, 2.24) is 5.32 Å². The lowest BCUT2D eigenvalue weighted by Crippen LogP contribution is -2.22. The van der Waals surface area contributed by atoms with Gasteiger partial charge in [0, 0.05) is 12.6 Å². The van der Waals surface area contributed by atoms with Crippen LogP contribution in [0.3, 0.4) is 0 Å². The van der Waals surface area contributed by atoms with Crippen LogP contribution in [0.5, 0.6) is 0 Å². The second-order valence-corrected chi connectivity index (χ2v) is 3.60. The number of rotatable bonds is 10. The van der Waals surface area contributed by atoms with Crippen LogP contribution in [0.25, 0.3) is 0 Å². The van der Waals surface area contributed by atoms with Crippen LogP contribution in [0.2, 0.25) is 0 Å². The molecule has 0 aliphatic rings.